The van der Waals surface area contributed by atoms with Crippen molar-refractivity contribution in [2.45, 2.75) is 38.0 Å². The van der Waals surface area contributed by atoms with Gasteiger partial charge in [0.15, 0.2) is 0 Å². The fraction of sp³-hybridized carbons (Fsp3) is 0.471. The summed E-state index contributed by atoms with van der Waals surface area (Å²) in [6, 6.07) is 3.31. The summed E-state index contributed by atoms with van der Waals surface area (Å²) in [5.41, 5.74) is -0.0139. The molecule has 0 spiro atoms. The highest BCUT2D eigenvalue weighted by atomic mass is 19.4. The highest BCUT2D eigenvalue weighted by molar-refractivity contribution is 5.77. The van der Waals surface area contributed by atoms with E-state index in [0.717, 1.165) is 25.0 Å². The number of aromatic nitrogens is 6. The Kier molecular flexibility index (Phi) is 4.73. The lowest BCUT2D eigenvalue weighted by Crippen LogP contribution is -2.41. The summed E-state index contributed by atoms with van der Waals surface area (Å²) >= 11 is 0. The van der Waals surface area contributed by atoms with Crippen LogP contribution in [0.4, 0.5) is 13.2 Å². The zero-order valence-electron chi connectivity index (χ0n) is 14.9. The second-order valence-electron chi connectivity index (χ2n) is 6.78. The average Bonchev–Trinajstić information content (AvgIpc) is 3.34. The summed E-state index contributed by atoms with van der Waals surface area (Å²) < 4.78 is 41.9. The second kappa shape index (κ2) is 7.21. The van der Waals surface area contributed by atoms with E-state index >= 15 is 0 Å². The molecule has 1 fully saturated rings. The van der Waals surface area contributed by atoms with Gasteiger partial charge in [0.05, 0.1) is 23.7 Å². The summed E-state index contributed by atoms with van der Waals surface area (Å²) in [4.78, 5) is 18.1. The van der Waals surface area contributed by atoms with Crippen LogP contribution in [0.3, 0.4) is 0 Å². The zero-order chi connectivity index (χ0) is 19.7. The predicted molar refractivity (Wildman–Crippen MR) is 92.0 cm³/mol. The SMILES string of the molecule is O=C(CCn1cncn1)N1CCC[C@@H](n2nnc3cc(C(F)(F)F)ccc32)C1. The molecule has 11 heteroatoms. The van der Waals surface area contributed by atoms with Gasteiger partial charge in [0, 0.05) is 19.5 Å². The van der Waals surface area contributed by atoms with Crippen LogP contribution in [0.2, 0.25) is 0 Å². The first-order valence-corrected chi connectivity index (χ1v) is 8.94. The topological polar surface area (TPSA) is 81.7 Å². The van der Waals surface area contributed by atoms with Crippen molar-refractivity contribution in [3.05, 3.63) is 36.4 Å². The largest absolute Gasteiger partial charge is 0.416 e. The smallest absolute Gasteiger partial charge is 0.340 e. The van der Waals surface area contributed by atoms with Crippen molar-refractivity contribution in [1.82, 2.24) is 34.7 Å². The molecule has 0 saturated carbocycles. The van der Waals surface area contributed by atoms with E-state index in [-0.39, 0.29) is 17.5 Å². The number of hydrogen-bond donors (Lipinski definition) is 0. The zero-order valence-corrected chi connectivity index (χ0v) is 14.9. The molecule has 4 rings (SSSR count). The predicted octanol–water partition coefficient (Wildman–Crippen LogP) is 2.30. The maximum Gasteiger partial charge on any atom is 0.416 e. The number of benzene rings is 1. The van der Waals surface area contributed by atoms with E-state index in [2.05, 4.69) is 20.4 Å². The summed E-state index contributed by atoms with van der Waals surface area (Å²) in [6.07, 6.45) is 0.442. The van der Waals surface area contributed by atoms with Crippen LogP contribution >= 0.6 is 0 Å². The third-order valence-electron chi connectivity index (χ3n) is 4.91. The van der Waals surface area contributed by atoms with Crippen molar-refractivity contribution >= 4 is 16.9 Å². The van der Waals surface area contributed by atoms with Crippen LogP contribution in [0, 0.1) is 0 Å². The Morgan fingerprint density at radius 3 is 2.89 bits per heavy atom. The Morgan fingerprint density at radius 1 is 1.29 bits per heavy atom. The van der Waals surface area contributed by atoms with Crippen LogP contribution in [0.25, 0.3) is 11.0 Å². The molecule has 1 aliphatic rings. The molecule has 0 aliphatic carbocycles. The van der Waals surface area contributed by atoms with E-state index < -0.39 is 11.7 Å². The van der Waals surface area contributed by atoms with Gasteiger partial charge in [0.25, 0.3) is 0 Å². The molecule has 0 radical (unpaired) electrons. The minimum Gasteiger partial charge on any atom is -0.340 e. The number of fused-ring (bicyclic) bond motifs is 1. The first-order chi connectivity index (χ1) is 13.4. The number of amides is 1. The number of alkyl halides is 3. The molecule has 1 amide bonds. The summed E-state index contributed by atoms with van der Waals surface area (Å²) in [6.45, 7) is 1.56. The molecule has 28 heavy (non-hydrogen) atoms. The molecule has 2 aromatic heterocycles. The third-order valence-corrected chi connectivity index (χ3v) is 4.91. The summed E-state index contributed by atoms with van der Waals surface area (Å²) in [5, 5.41) is 11.9. The quantitative estimate of drug-likeness (QED) is 0.679. The second-order valence-corrected chi connectivity index (χ2v) is 6.78. The highest BCUT2D eigenvalue weighted by Gasteiger charge is 2.32. The molecule has 0 N–H and O–H groups in total. The molecule has 3 aromatic rings. The lowest BCUT2D eigenvalue weighted by Gasteiger charge is -2.33. The van der Waals surface area contributed by atoms with E-state index in [1.165, 1.54) is 12.4 Å². The Labute approximate surface area is 157 Å². The lowest BCUT2D eigenvalue weighted by atomic mass is 10.0. The molecule has 1 aromatic carbocycles. The standard InChI is InChI=1S/C17H18F3N7O/c18-17(19,20)12-3-4-15-14(8-12)23-24-27(15)13-2-1-6-25(9-13)16(28)5-7-26-11-21-10-22-26/h3-4,8,10-11,13H,1-2,5-7,9H2/t13-/m1/s1. The normalized spacial score (nSPS) is 18.0. The number of likely N-dealkylation sites (tertiary alicyclic amines) is 1. The van der Waals surface area contributed by atoms with E-state index in [1.54, 1.807) is 20.6 Å². The molecule has 0 unspecified atom stereocenters. The lowest BCUT2D eigenvalue weighted by molar-refractivity contribution is -0.137. The minimum absolute atomic E-state index is 0.00368. The van der Waals surface area contributed by atoms with Crippen LogP contribution in [-0.4, -0.2) is 53.7 Å². The number of aryl methyl sites for hydroxylation is 1. The number of carbonyl (C=O) groups is 1. The van der Waals surface area contributed by atoms with Gasteiger partial charge in [-0.2, -0.15) is 18.3 Å². The van der Waals surface area contributed by atoms with Gasteiger partial charge in [-0.1, -0.05) is 5.21 Å². The van der Waals surface area contributed by atoms with Crippen LogP contribution in [0.15, 0.2) is 30.9 Å². The van der Waals surface area contributed by atoms with Gasteiger partial charge in [-0.25, -0.2) is 9.67 Å². The van der Waals surface area contributed by atoms with Gasteiger partial charge in [0.1, 0.15) is 18.2 Å². The van der Waals surface area contributed by atoms with Crippen molar-refractivity contribution in [2.24, 2.45) is 0 Å². The average molecular weight is 393 g/mol. The molecular weight excluding hydrogens is 375 g/mol. The Balaban J connectivity index is 1.47. The highest BCUT2D eigenvalue weighted by Crippen LogP contribution is 2.32. The molecule has 148 valence electrons. The first kappa shape index (κ1) is 18.4. The molecule has 8 nitrogen and oxygen atoms in total. The number of rotatable bonds is 4. The van der Waals surface area contributed by atoms with Crippen LogP contribution in [0.1, 0.15) is 30.9 Å². The molecule has 1 aliphatic heterocycles. The fourth-order valence-electron chi connectivity index (χ4n) is 3.49. The van der Waals surface area contributed by atoms with Crippen molar-refractivity contribution in [3.8, 4) is 0 Å². The van der Waals surface area contributed by atoms with Gasteiger partial charge in [-0.15, -0.1) is 5.10 Å². The summed E-state index contributed by atoms with van der Waals surface area (Å²) in [5.74, 6) is 0.00368. The molecular formula is C17H18F3N7O. The van der Waals surface area contributed by atoms with Gasteiger partial charge in [0.2, 0.25) is 5.91 Å². The van der Waals surface area contributed by atoms with E-state index in [9.17, 15) is 18.0 Å². The Hall–Kier alpha value is -2.98. The van der Waals surface area contributed by atoms with Crippen molar-refractivity contribution < 1.29 is 18.0 Å². The Bertz CT molecular complexity index is 967. The van der Waals surface area contributed by atoms with Crippen molar-refractivity contribution in [3.63, 3.8) is 0 Å². The monoisotopic (exact) mass is 393 g/mol. The first-order valence-electron chi connectivity index (χ1n) is 8.94. The van der Waals surface area contributed by atoms with Crippen molar-refractivity contribution in [2.75, 3.05) is 13.1 Å². The van der Waals surface area contributed by atoms with Gasteiger partial charge in [-0.3, -0.25) is 9.48 Å². The minimum atomic E-state index is -4.42. The van der Waals surface area contributed by atoms with E-state index in [1.807, 2.05) is 0 Å². The van der Waals surface area contributed by atoms with Crippen molar-refractivity contribution in [1.29, 1.82) is 0 Å². The van der Waals surface area contributed by atoms with Gasteiger partial charge in [-0.05, 0) is 31.0 Å². The summed E-state index contributed by atoms with van der Waals surface area (Å²) in [7, 11) is 0. The third kappa shape index (κ3) is 3.69. The van der Waals surface area contributed by atoms with E-state index in [0.29, 0.717) is 31.6 Å². The molecule has 1 atom stereocenters. The van der Waals surface area contributed by atoms with Crippen LogP contribution in [0.5, 0.6) is 0 Å². The number of hydrogen-bond acceptors (Lipinski definition) is 5. The van der Waals surface area contributed by atoms with Gasteiger partial charge < -0.3 is 4.90 Å². The van der Waals surface area contributed by atoms with Crippen LogP contribution in [-0.2, 0) is 17.5 Å². The molecule has 1 saturated heterocycles. The van der Waals surface area contributed by atoms with Crippen LogP contribution < -0.4 is 0 Å². The maximum absolute atomic E-state index is 12.9. The van der Waals surface area contributed by atoms with E-state index in [4.69, 9.17) is 0 Å². The Morgan fingerprint density at radius 2 is 2.14 bits per heavy atom. The fourth-order valence-corrected chi connectivity index (χ4v) is 3.49. The number of halogens is 3. The van der Waals surface area contributed by atoms with Gasteiger partial charge >= 0.3 is 6.18 Å². The maximum atomic E-state index is 12.9. The number of nitrogens with zero attached hydrogens (tertiary/aromatic N) is 7. The molecule has 0 bridgehead atoms. The number of piperidine rings is 1. The molecule has 3 heterocycles. The number of carbonyl (C=O) groups excluding carboxylic acids is 1.